The molecule has 5 nitrogen and oxygen atoms in total. The monoisotopic (exact) mass is 316 g/mol. The first kappa shape index (κ1) is 16.9. The van der Waals surface area contributed by atoms with Gasteiger partial charge in [-0.3, -0.25) is 9.78 Å². The molecule has 0 aliphatic carbocycles. The maximum absolute atomic E-state index is 13.2. The Labute approximate surface area is 135 Å². The summed E-state index contributed by atoms with van der Waals surface area (Å²) >= 11 is 0. The molecule has 0 radical (unpaired) electrons. The van der Waals surface area contributed by atoms with Crippen LogP contribution in [0.25, 0.3) is 0 Å². The first-order valence-electron chi connectivity index (χ1n) is 7.45. The van der Waals surface area contributed by atoms with E-state index in [4.69, 9.17) is 0 Å². The average molecular weight is 316 g/mol. The number of aromatic nitrogens is 1. The molecule has 0 saturated heterocycles. The van der Waals surface area contributed by atoms with Crippen LogP contribution in [0, 0.1) is 5.82 Å². The molecule has 1 aromatic carbocycles. The van der Waals surface area contributed by atoms with E-state index >= 15 is 0 Å². The van der Waals surface area contributed by atoms with Gasteiger partial charge in [0.1, 0.15) is 5.82 Å². The fourth-order valence-electron chi connectivity index (χ4n) is 2.06. The minimum atomic E-state index is -0.322. The molecule has 0 bridgehead atoms. The molecule has 23 heavy (non-hydrogen) atoms. The van der Waals surface area contributed by atoms with Gasteiger partial charge in [-0.05, 0) is 51.3 Å². The molecule has 0 saturated carbocycles. The number of carbonyl (C=O) groups excluding carboxylic acids is 1. The van der Waals surface area contributed by atoms with Crippen molar-refractivity contribution in [3.05, 3.63) is 54.1 Å². The van der Waals surface area contributed by atoms with Crippen LogP contribution in [0.2, 0.25) is 0 Å². The summed E-state index contributed by atoms with van der Waals surface area (Å²) in [5.74, 6) is -0.489. The largest absolute Gasteiger partial charge is 0.354 e. The first-order valence-corrected chi connectivity index (χ1v) is 7.45. The molecular formula is C17H21FN4O. The average Bonchev–Trinajstić information content (AvgIpc) is 2.51. The van der Waals surface area contributed by atoms with E-state index < -0.39 is 0 Å². The SMILES string of the molecule is CN(C)CCCNC(=O)c1cncc(Nc2cccc(F)c2)c1. The van der Waals surface area contributed by atoms with Gasteiger partial charge in [0.05, 0.1) is 17.4 Å². The number of benzene rings is 1. The van der Waals surface area contributed by atoms with Gasteiger partial charge < -0.3 is 15.5 Å². The molecule has 1 heterocycles. The summed E-state index contributed by atoms with van der Waals surface area (Å²) in [6.07, 6.45) is 3.99. The second-order valence-corrected chi connectivity index (χ2v) is 5.51. The Hall–Kier alpha value is -2.47. The number of anilines is 2. The topological polar surface area (TPSA) is 57.3 Å². The lowest BCUT2D eigenvalue weighted by Gasteiger charge is -2.10. The number of nitrogens with zero attached hydrogens (tertiary/aromatic N) is 2. The molecule has 0 spiro atoms. The zero-order chi connectivity index (χ0) is 16.7. The van der Waals surface area contributed by atoms with E-state index in [1.807, 2.05) is 14.1 Å². The number of hydrogen-bond acceptors (Lipinski definition) is 4. The van der Waals surface area contributed by atoms with Gasteiger partial charge in [0, 0.05) is 18.4 Å². The Bertz CT molecular complexity index is 661. The third-order valence-corrected chi connectivity index (χ3v) is 3.18. The Morgan fingerprint density at radius 2 is 2.04 bits per heavy atom. The highest BCUT2D eigenvalue weighted by atomic mass is 19.1. The predicted octanol–water partition coefficient (Wildman–Crippen LogP) is 2.65. The highest BCUT2D eigenvalue weighted by Crippen LogP contribution is 2.17. The molecule has 0 aliphatic rings. The molecule has 0 aliphatic heterocycles. The van der Waals surface area contributed by atoms with Crippen LogP contribution >= 0.6 is 0 Å². The van der Waals surface area contributed by atoms with Crippen LogP contribution in [0.5, 0.6) is 0 Å². The molecular weight excluding hydrogens is 295 g/mol. The Balaban J connectivity index is 1.95. The summed E-state index contributed by atoms with van der Waals surface area (Å²) in [5, 5.41) is 5.89. The Morgan fingerprint density at radius 3 is 2.78 bits per heavy atom. The van der Waals surface area contributed by atoms with Gasteiger partial charge in [-0.2, -0.15) is 0 Å². The van der Waals surface area contributed by atoms with Gasteiger partial charge in [-0.15, -0.1) is 0 Å². The third-order valence-electron chi connectivity index (χ3n) is 3.18. The van der Waals surface area contributed by atoms with Crippen LogP contribution in [0.3, 0.4) is 0 Å². The molecule has 0 atom stereocenters. The number of pyridine rings is 1. The summed E-state index contributed by atoms with van der Waals surface area (Å²) in [4.78, 5) is 18.2. The second kappa shape index (κ2) is 8.24. The Morgan fingerprint density at radius 1 is 1.22 bits per heavy atom. The lowest BCUT2D eigenvalue weighted by molar-refractivity contribution is 0.0952. The van der Waals surface area contributed by atoms with Crippen LogP contribution in [0.15, 0.2) is 42.7 Å². The van der Waals surface area contributed by atoms with Crippen LogP contribution < -0.4 is 10.6 Å². The van der Waals surface area contributed by atoms with Crippen LogP contribution in [0.4, 0.5) is 15.8 Å². The van der Waals surface area contributed by atoms with Crippen molar-refractivity contribution in [2.45, 2.75) is 6.42 Å². The molecule has 1 amide bonds. The highest BCUT2D eigenvalue weighted by molar-refractivity contribution is 5.94. The molecule has 2 N–H and O–H groups in total. The molecule has 1 aromatic heterocycles. The maximum Gasteiger partial charge on any atom is 0.252 e. The van der Waals surface area contributed by atoms with Crippen molar-refractivity contribution in [2.24, 2.45) is 0 Å². The van der Waals surface area contributed by atoms with Crippen molar-refractivity contribution in [2.75, 3.05) is 32.5 Å². The normalized spacial score (nSPS) is 10.6. The van der Waals surface area contributed by atoms with E-state index in [2.05, 4.69) is 20.5 Å². The zero-order valence-corrected chi connectivity index (χ0v) is 13.3. The van der Waals surface area contributed by atoms with Gasteiger partial charge in [0.15, 0.2) is 0 Å². The fraction of sp³-hybridized carbons (Fsp3) is 0.294. The molecule has 0 unspecified atom stereocenters. The highest BCUT2D eigenvalue weighted by Gasteiger charge is 2.07. The smallest absolute Gasteiger partial charge is 0.252 e. The zero-order valence-electron chi connectivity index (χ0n) is 13.3. The van der Waals surface area contributed by atoms with Crippen molar-refractivity contribution < 1.29 is 9.18 Å². The lowest BCUT2D eigenvalue weighted by Crippen LogP contribution is -2.27. The van der Waals surface area contributed by atoms with Crippen molar-refractivity contribution in [1.29, 1.82) is 0 Å². The van der Waals surface area contributed by atoms with Crippen LogP contribution in [-0.2, 0) is 0 Å². The van der Waals surface area contributed by atoms with Crippen LogP contribution in [0.1, 0.15) is 16.8 Å². The van der Waals surface area contributed by atoms with E-state index in [9.17, 15) is 9.18 Å². The summed E-state index contributed by atoms with van der Waals surface area (Å²) in [7, 11) is 3.99. The molecule has 0 fully saturated rings. The van der Waals surface area contributed by atoms with Crippen molar-refractivity contribution in [3.63, 3.8) is 0 Å². The number of amides is 1. The van der Waals surface area contributed by atoms with Gasteiger partial charge in [-0.1, -0.05) is 6.07 Å². The molecule has 2 rings (SSSR count). The van der Waals surface area contributed by atoms with E-state index in [0.717, 1.165) is 13.0 Å². The second-order valence-electron chi connectivity index (χ2n) is 5.51. The predicted molar refractivity (Wildman–Crippen MR) is 89.4 cm³/mol. The lowest BCUT2D eigenvalue weighted by atomic mass is 10.2. The van der Waals surface area contributed by atoms with Gasteiger partial charge >= 0.3 is 0 Å². The number of hydrogen-bond donors (Lipinski definition) is 2. The Kier molecular flexibility index (Phi) is 6.05. The number of carbonyl (C=O) groups is 1. The number of halogens is 1. The third kappa shape index (κ3) is 5.67. The van der Waals surface area contributed by atoms with Crippen molar-refractivity contribution in [1.82, 2.24) is 15.2 Å². The summed E-state index contributed by atoms with van der Waals surface area (Å²) in [5.41, 5.74) is 1.71. The van der Waals surface area contributed by atoms with Gasteiger partial charge in [0.25, 0.3) is 5.91 Å². The van der Waals surface area contributed by atoms with E-state index in [1.54, 1.807) is 24.4 Å². The van der Waals surface area contributed by atoms with Crippen LogP contribution in [-0.4, -0.2) is 43.0 Å². The minimum Gasteiger partial charge on any atom is -0.354 e. The summed E-state index contributed by atoms with van der Waals surface area (Å²) < 4.78 is 13.2. The van der Waals surface area contributed by atoms with Gasteiger partial charge in [0.2, 0.25) is 0 Å². The molecule has 122 valence electrons. The van der Waals surface area contributed by atoms with Crippen molar-refractivity contribution in [3.8, 4) is 0 Å². The fourth-order valence-corrected chi connectivity index (χ4v) is 2.06. The first-order chi connectivity index (χ1) is 11.0. The van der Waals surface area contributed by atoms with Crippen molar-refractivity contribution >= 4 is 17.3 Å². The molecule has 2 aromatic rings. The molecule has 6 heteroatoms. The number of rotatable bonds is 7. The van der Waals surface area contributed by atoms with E-state index in [1.165, 1.54) is 18.3 Å². The summed E-state index contributed by atoms with van der Waals surface area (Å²) in [6.45, 7) is 1.53. The van der Waals surface area contributed by atoms with Gasteiger partial charge in [-0.25, -0.2) is 4.39 Å². The minimum absolute atomic E-state index is 0.167. The maximum atomic E-state index is 13.2. The standard InChI is InChI=1S/C17H21FN4O/c1-22(2)8-4-7-20-17(23)13-9-16(12-19-11-13)21-15-6-3-5-14(18)10-15/h3,5-6,9-12,21H,4,7-8H2,1-2H3,(H,20,23). The van der Waals surface area contributed by atoms with E-state index in [0.29, 0.717) is 23.5 Å². The quantitative estimate of drug-likeness (QED) is 0.771. The summed E-state index contributed by atoms with van der Waals surface area (Å²) in [6, 6.07) is 7.82. The number of nitrogens with one attached hydrogen (secondary N) is 2. The van der Waals surface area contributed by atoms with E-state index in [-0.39, 0.29) is 11.7 Å².